The number of aromatic nitrogens is 2. The zero-order valence-electron chi connectivity index (χ0n) is 16.9. The molecule has 1 aliphatic rings. The fourth-order valence-corrected chi connectivity index (χ4v) is 3.26. The van der Waals surface area contributed by atoms with E-state index in [0.29, 0.717) is 11.6 Å². The summed E-state index contributed by atoms with van der Waals surface area (Å²) in [6, 6.07) is 8.12. The van der Waals surface area contributed by atoms with Crippen molar-refractivity contribution in [1.82, 2.24) is 15.3 Å². The van der Waals surface area contributed by atoms with Crippen LogP contribution in [0, 0.1) is 13.8 Å². The van der Waals surface area contributed by atoms with Crippen LogP contribution in [0.1, 0.15) is 42.4 Å². The normalized spacial score (nSPS) is 15.0. The van der Waals surface area contributed by atoms with Gasteiger partial charge in [-0.1, -0.05) is 12.1 Å². The van der Waals surface area contributed by atoms with Crippen molar-refractivity contribution in [3.8, 4) is 0 Å². The highest BCUT2D eigenvalue weighted by Crippen LogP contribution is 2.24. The molecular weight excluding hydrogens is 338 g/mol. The topological polar surface area (TPSA) is 61.4 Å². The van der Waals surface area contributed by atoms with E-state index in [1.165, 1.54) is 16.8 Å². The summed E-state index contributed by atoms with van der Waals surface area (Å²) in [6.45, 7) is 13.7. The molecule has 2 heterocycles. The van der Waals surface area contributed by atoms with Crippen molar-refractivity contribution in [2.75, 3.05) is 36.0 Å². The Morgan fingerprint density at radius 1 is 1.04 bits per heavy atom. The van der Waals surface area contributed by atoms with E-state index in [0.717, 1.165) is 26.2 Å². The van der Waals surface area contributed by atoms with Crippen LogP contribution in [0.4, 0.5) is 11.6 Å². The Morgan fingerprint density at radius 3 is 2.37 bits per heavy atom. The lowest BCUT2D eigenvalue weighted by Gasteiger charge is -2.37. The average Bonchev–Trinajstić information content (AvgIpc) is 2.63. The maximum Gasteiger partial charge on any atom is 0.270 e. The van der Waals surface area contributed by atoms with Gasteiger partial charge in [-0.05, 0) is 57.9 Å². The first-order chi connectivity index (χ1) is 12.7. The molecule has 0 unspecified atom stereocenters. The van der Waals surface area contributed by atoms with Gasteiger partial charge in [-0.3, -0.25) is 4.79 Å². The van der Waals surface area contributed by atoms with Crippen LogP contribution in [-0.2, 0) is 0 Å². The second-order valence-corrected chi connectivity index (χ2v) is 8.14. The molecule has 1 N–H and O–H groups in total. The van der Waals surface area contributed by atoms with E-state index in [1.807, 2.05) is 20.8 Å². The molecule has 0 spiro atoms. The molecule has 1 aromatic carbocycles. The van der Waals surface area contributed by atoms with Crippen LogP contribution in [0.15, 0.2) is 30.5 Å². The molecule has 144 valence electrons. The second-order valence-electron chi connectivity index (χ2n) is 8.14. The molecule has 1 amide bonds. The van der Waals surface area contributed by atoms with Gasteiger partial charge in [0.1, 0.15) is 5.69 Å². The van der Waals surface area contributed by atoms with E-state index in [9.17, 15) is 4.79 Å². The quantitative estimate of drug-likeness (QED) is 0.904. The summed E-state index contributed by atoms with van der Waals surface area (Å²) in [5.41, 5.74) is 4.07. The van der Waals surface area contributed by atoms with Gasteiger partial charge in [0.15, 0.2) is 0 Å². The van der Waals surface area contributed by atoms with Gasteiger partial charge < -0.3 is 15.1 Å². The SMILES string of the molecule is Cc1cccc(N2CCN(c3nccc(C(=O)NC(C)(C)C)n3)CC2)c1C. The van der Waals surface area contributed by atoms with E-state index >= 15 is 0 Å². The third-order valence-corrected chi connectivity index (χ3v) is 4.84. The number of carbonyl (C=O) groups is 1. The largest absolute Gasteiger partial charge is 0.368 e. The van der Waals surface area contributed by atoms with Gasteiger partial charge in [0.25, 0.3) is 5.91 Å². The van der Waals surface area contributed by atoms with Crippen molar-refractivity contribution < 1.29 is 4.79 Å². The Labute approximate surface area is 161 Å². The first-order valence-corrected chi connectivity index (χ1v) is 9.46. The van der Waals surface area contributed by atoms with Gasteiger partial charge in [0, 0.05) is 43.6 Å². The van der Waals surface area contributed by atoms with E-state index in [4.69, 9.17) is 0 Å². The Morgan fingerprint density at radius 2 is 1.70 bits per heavy atom. The summed E-state index contributed by atoms with van der Waals surface area (Å²) in [6.07, 6.45) is 1.66. The molecule has 27 heavy (non-hydrogen) atoms. The standard InChI is InChI=1S/C21H29N5O/c1-15-7-6-8-18(16(15)2)25-11-13-26(14-12-25)20-22-10-9-17(23-20)19(27)24-21(3,4)5/h6-10H,11-14H2,1-5H3,(H,24,27). The summed E-state index contributed by atoms with van der Waals surface area (Å²) in [5, 5.41) is 2.95. The number of anilines is 2. The zero-order valence-corrected chi connectivity index (χ0v) is 16.9. The van der Waals surface area contributed by atoms with Gasteiger partial charge in [0.05, 0.1) is 0 Å². The lowest BCUT2D eigenvalue weighted by Crippen LogP contribution is -2.47. The molecule has 6 nitrogen and oxygen atoms in total. The summed E-state index contributed by atoms with van der Waals surface area (Å²) in [5.74, 6) is 0.456. The highest BCUT2D eigenvalue weighted by atomic mass is 16.2. The maximum absolute atomic E-state index is 12.4. The summed E-state index contributed by atoms with van der Waals surface area (Å²) in [7, 11) is 0. The minimum absolute atomic E-state index is 0.167. The molecular formula is C21H29N5O. The molecule has 0 bridgehead atoms. The minimum atomic E-state index is -0.292. The fourth-order valence-electron chi connectivity index (χ4n) is 3.26. The number of amides is 1. The number of benzene rings is 1. The number of carbonyl (C=O) groups excluding carboxylic acids is 1. The lowest BCUT2D eigenvalue weighted by atomic mass is 10.1. The van der Waals surface area contributed by atoms with Crippen molar-refractivity contribution in [1.29, 1.82) is 0 Å². The van der Waals surface area contributed by atoms with Crippen molar-refractivity contribution in [3.05, 3.63) is 47.3 Å². The van der Waals surface area contributed by atoms with Crippen LogP contribution in [0.3, 0.4) is 0 Å². The van der Waals surface area contributed by atoms with Gasteiger partial charge in [-0.15, -0.1) is 0 Å². The smallest absolute Gasteiger partial charge is 0.270 e. The van der Waals surface area contributed by atoms with Crippen LogP contribution >= 0.6 is 0 Å². The number of hydrogen-bond donors (Lipinski definition) is 1. The van der Waals surface area contributed by atoms with Gasteiger partial charge >= 0.3 is 0 Å². The van der Waals surface area contributed by atoms with E-state index in [1.54, 1.807) is 12.3 Å². The van der Waals surface area contributed by atoms with E-state index < -0.39 is 0 Å². The zero-order chi connectivity index (χ0) is 19.6. The first kappa shape index (κ1) is 19.1. The molecule has 0 aliphatic carbocycles. The molecule has 1 aromatic heterocycles. The molecule has 6 heteroatoms. The van der Waals surface area contributed by atoms with Crippen molar-refractivity contribution in [2.24, 2.45) is 0 Å². The molecule has 1 fully saturated rings. The number of hydrogen-bond acceptors (Lipinski definition) is 5. The molecule has 2 aromatic rings. The third-order valence-electron chi connectivity index (χ3n) is 4.84. The average molecular weight is 367 g/mol. The number of nitrogens with one attached hydrogen (secondary N) is 1. The fraction of sp³-hybridized carbons (Fsp3) is 0.476. The van der Waals surface area contributed by atoms with Gasteiger partial charge in [-0.2, -0.15) is 0 Å². The summed E-state index contributed by atoms with van der Waals surface area (Å²) < 4.78 is 0. The lowest BCUT2D eigenvalue weighted by molar-refractivity contribution is 0.0914. The van der Waals surface area contributed by atoms with Crippen molar-refractivity contribution in [3.63, 3.8) is 0 Å². The molecule has 0 atom stereocenters. The number of nitrogens with zero attached hydrogens (tertiary/aromatic N) is 4. The van der Waals surface area contributed by atoms with E-state index in [2.05, 4.69) is 57.1 Å². The highest BCUT2D eigenvalue weighted by molar-refractivity contribution is 5.92. The molecule has 0 radical (unpaired) electrons. The van der Waals surface area contributed by atoms with Crippen LogP contribution in [0.25, 0.3) is 0 Å². The Kier molecular flexibility index (Phi) is 5.35. The minimum Gasteiger partial charge on any atom is -0.368 e. The van der Waals surface area contributed by atoms with Crippen LogP contribution in [-0.4, -0.2) is 47.6 Å². The molecule has 1 saturated heterocycles. The predicted octanol–water partition coefficient (Wildman–Crippen LogP) is 2.95. The number of aryl methyl sites for hydroxylation is 1. The van der Waals surface area contributed by atoms with Crippen molar-refractivity contribution in [2.45, 2.75) is 40.2 Å². The van der Waals surface area contributed by atoms with Gasteiger partial charge in [-0.25, -0.2) is 9.97 Å². The van der Waals surface area contributed by atoms with Crippen LogP contribution in [0.2, 0.25) is 0 Å². The van der Waals surface area contributed by atoms with Crippen LogP contribution < -0.4 is 15.1 Å². The number of piperazine rings is 1. The Bertz CT molecular complexity index is 820. The second kappa shape index (κ2) is 7.55. The van der Waals surface area contributed by atoms with Gasteiger partial charge in [0.2, 0.25) is 5.95 Å². The number of rotatable bonds is 3. The molecule has 3 rings (SSSR count). The maximum atomic E-state index is 12.4. The van der Waals surface area contributed by atoms with E-state index in [-0.39, 0.29) is 11.4 Å². The third kappa shape index (κ3) is 4.56. The monoisotopic (exact) mass is 367 g/mol. The predicted molar refractivity (Wildman–Crippen MR) is 110 cm³/mol. The van der Waals surface area contributed by atoms with Crippen molar-refractivity contribution >= 4 is 17.5 Å². The Balaban J connectivity index is 1.69. The summed E-state index contributed by atoms with van der Waals surface area (Å²) >= 11 is 0. The van der Waals surface area contributed by atoms with Crippen LogP contribution in [0.5, 0.6) is 0 Å². The Hall–Kier alpha value is -2.63. The molecule has 1 aliphatic heterocycles. The first-order valence-electron chi connectivity index (χ1n) is 9.46. The summed E-state index contributed by atoms with van der Waals surface area (Å²) in [4.78, 5) is 25.8. The highest BCUT2D eigenvalue weighted by Gasteiger charge is 2.22. The molecule has 0 saturated carbocycles.